The largest absolute Gasteiger partial charge is 0.0654 e. The normalized spacial score (nSPS) is 10.7. The second kappa shape index (κ2) is 7.28. The summed E-state index contributed by atoms with van der Waals surface area (Å²) < 4.78 is 0. The minimum absolute atomic E-state index is 1.15. The maximum atomic E-state index is 2.35. The molecule has 0 atom stereocenters. The van der Waals surface area contributed by atoms with Crippen LogP contribution in [0.3, 0.4) is 0 Å². The molecule has 0 amide bonds. The highest BCUT2D eigenvalue weighted by molar-refractivity contribution is 5.74. The quantitative estimate of drug-likeness (QED) is 0.493. The zero-order valence-corrected chi connectivity index (χ0v) is 14.0. The van der Waals surface area contributed by atoms with Crippen LogP contribution in [0.5, 0.6) is 0 Å². The van der Waals surface area contributed by atoms with E-state index in [0.29, 0.717) is 0 Å². The first-order chi connectivity index (χ1) is 11.3. The Bertz CT molecular complexity index is 752. The zero-order valence-electron chi connectivity index (χ0n) is 14.0. The summed E-state index contributed by atoms with van der Waals surface area (Å²) in [5, 5.41) is 0. The lowest BCUT2D eigenvalue weighted by molar-refractivity contribution is 0.795. The van der Waals surface area contributed by atoms with Crippen molar-refractivity contribution >= 4 is 0 Å². The third-order valence-corrected chi connectivity index (χ3v) is 4.30. The monoisotopic (exact) mass is 300 g/mol. The van der Waals surface area contributed by atoms with Crippen LogP contribution < -0.4 is 0 Å². The summed E-state index contributed by atoms with van der Waals surface area (Å²) >= 11 is 0. The summed E-state index contributed by atoms with van der Waals surface area (Å²) in [6.07, 6.45) is 3.62. The van der Waals surface area contributed by atoms with Crippen molar-refractivity contribution in [1.82, 2.24) is 0 Å². The van der Waals surface area contributed by atoms with E-state index in [1.54, 1.807) is 0 Å². The fraction of sp³-hybridized carbons (Fsp3) is 0.217. The van der Waals surface area contributed by atoms with Gasteiger partial charge >= 0.3 is 0 Å². The molecule has 0 fully saturated rings. The number of unbranched alkanes of at least 4 members (excludes halogenated alkanes) is 1. The summed E-state index contributed by atoms with van der Waals surface area (Å²) in [6.45, 7) is 4.39. The molecule has 0 saturated heterocycles. The van der Waals surface area contributed by atoms with E-state index in [1.807, 2.05) is 0 Å². The molecule has 0 aliphatic carbocycles. The number of hydrogen-bond acceptors (Lipinski definition) is 0. The van der Waals surface area contributed by atoms with Crippen LogP contribution in [0, 0.1) is 6.92 Å². The van der Waals surface area contributed by atoms with Crippen molar-refractivity contribution < 1.29 is 0 Å². The first-order valence-electron chi connectivity index (χ1n) is 8.52. The minimum Gasteiger partial charge on any atom is -0.0654 e. The Hall–Kier alpha value is -2.34. The van der Waals surface area contributed by atoms with Gasteiger partial charge in [0.25, 0.3) is 0 Å². The van der Waals surface area contributed by atoms with Crippen molar-refractivity contribution in [3.8, 4) is 22.3 Å². The third-order valence-electron chi connectivity index (χ3n) is 4.30. The van der Waals surface area contributed by atoms with Gasteiger partial charge in [0.1, 0.15) is 0 Å². The van der Waals surface area contributed by atoms with Gasteiger partial charge in [0.2, 0.25) is 0 Å². The molecule has 23 heavy (non-hydrogen) atoms. The first-order valence-corrected chi connectivity index (χ1v) is 8.52. The molecule has 0 aromatic heterocycles. The molecule has 0 bridgehead atoms. The Morgan fingerprint density at radius 1 is 0.652 bits per heavy atom. The number of hydrogen-bond donors (Lipinski definition) is 0. The van der Waals surface area contributed by atoms with Crippen LogP contribution in [0.25, 0.3) is 22.3 Å². The highest BCUT2D eigenvalue weighted by Crippen LogP contribution is 2.29. The van der Waals surface area contributed by atoms with Crippen LogP contribution in [0.4, 0.5) is 0 Å². The summed E-state index contributed by atoms with van der Waals surface area (Å²) in [4.78, 5) is 0. The van der Waals surface area contributed by atoms with Crippen LogP contribution >= 0.6 is 0 Å². The van der Waals surface area contributed by atoms with E-state index >= 15 is 0 Å². The second-order valence-corrected chi connectivity index (χ2v) is 6.25. The van der Waals surface area contributed by atoms with Crippen molar-refractivity contribution in [3.05, 3.63) is 83.9 Å². The maximum absolute atomic E-state index is 2.35. The van der Waals surface area contributed by atoms with E-state index in [1.165, 1.54) is 46.2 Å². The molecule has 0 spiro atoms. The highest BCUT2D eigenvalue weighted by atomic mass is 14.1. The molecule has 0 heteroatoms. The SMILES string of the molecule is CCCCc1cc(-c2ccccc2)cc(-c2ccc(C)cc2)c1. The lowest BCUT2D eigenvalue weighted by atomic mass is 9.94. The number of aryl methyl sites for hydroxylation is 2. The molecule has 0 saturated carbocycles. The van der Waals surface area contributed by atoms with E-state index in [-0.39, 0.29) is 0 Å². The van der Waals surface area contributed by atoms with Crippen molar-refractivity contribution in [3.63, 3.8) is 0 Å². The van der Waals surface area contributed by atoms with Crippen LogP contribution in [0.2, 0.25) is 0 Å². The summed E-state index contributed by atoms with van der Waals surface area (Å²) in [5.41, 5.74) is 7.96. The van der Waals surface area contributed by atoms with E-state index in [2.05, 4.69) is 86.6 Å². The molecule has 3 aromatic carbocycles. The van der Waals surface area contributed by atoms with Gasteiger partial charge in [0, 0.05) is 0 Å². The Labute approximate surface area is 139 Å². The van der Waals surface area contributed by atoms with E-state index in [4.69, 9.17) is 0 Å². The fourth-order valence-corrected chi connectivity index (χ4v) is 2.93. The molecule has 0 radical (unpaired) electrons. The van der Waals surface area contributed by atoms with Gasteiger partial charge in [-0.05, 0) is 53.6 Å². The first kappa shape index (κ1) is 15.6. The van der Waals surface area contributed by atoms with Crippen molar-refractivity contribution in [1.29, 1.82) is 0 Å². The molecule has 0 heterocycles. The second-order valence-electron chi connectivity index (χ2n) is 6.25. The molecule has 0 N–H and O–H groups in total. The fourth-order valence-electron chi connectivity index (χ4n) is 2.93. The van der Waals surface area contributed by atoms with Crippen LogP contribution in [-0.4, -0.2) is 0 Å². The molecular weight excluding hydrogens is 276 g/mol. The Morgan fingerprint density at radius 2 is 1.26 bits per heavy atom. The van der Waals surface area contributed by atoms with Crippen LogP contribution in [0.15, 0.2) is 72.8 Å². The van der Waals surface area contributed by atoms with E-state index in [0.717, 1.165) is 6.42 Å². The van der Waals surface area contributed by atoms with Gasteiger partial charge in [0.15, 0.2) is 0 Å². The zero-order chi connectivity index (χ0) is 16.1. The average molecular weight is 300 g/mol. The number of rotatable bonds is 5. The summed E-state index contributed by atoms with van der Waals surface area (Å²) in [6, 6.07) is 26.5. The molecule has 0 aliphatic rings. The molecule has 0 nitrogen and oxygen atoms in total. The lowest BCUT2D eigenvalue weighted by Crippen LogP contribution is -1.90. The molecular formula is C23H24. The third kappa shape index (κ3) is 3.90. The predicted octanol–water partition coefficient (Wildman–Crippen LogP) is 6.67. The summed E-state index contributed by atoms with van der Waals surface area (Å²) in [5.74, 6) is 0. The van der Waals surface area contributed by atoms with Crippen LogP contribution in [0.1, 0.15) is 30.9 Å². The van der Waals surface area contributed by atoms with E-state index < -0.39 is 0 Å². The molecule has 0 aliphatic heterocycles. The standard InChI is InChI=1S/C23H24/c1-3-4-8-19-15-22(20-9-6-5-7-10-20)17-23(16-19)21-13-11-18(2)12-14-21/h5-7,9-17H,3-4,8H2,1-2H3. The van der Waals surface area contributed by atoms with Gasteiger partial charge in [0.05, 0.1) is 0 Å². The van der Waals surface area contributed by atoms with Crippen molar-refractivity contribution in [2.75, 3.05) is 0 Å². The van der Waals surface area contributed by atoms with Gasteiger partial charge in [-0.15, -0.1) is 0 Å². The van der Waals surface area contributed by atoms with Gasteiger partial charge in [-0.1, -0.05) is 85.6 Å². The molecule has 116 valence electrons. The van der Waals surface area contributed by atoms with Crippen molar-refractivity contribution in [2.45, 2.75) is 33.1 Å². The Kier molecular flexibility index (Phi) is 4.92. The highest BCUT2D eigenvalue weighted by Gasteiger charge is 2.05. The average Bonchev–Trinajstić information content (AvgIpc) is 2.61. The topological polar surface area (TPSA) is 0 Å². The van der Waals surface area contributed by atoms with E-state index in [9.17, 15) is 0 Å². The maximum Gasteiger partial charge on any atom is -0.0175 e. The molecule has 3 rings (SSSR count). The molecule has 3 aromatic rings. The minimum atomic E-state index is 1.15. The Balaban J connectivity index is 2.06. The van der Waals surface area contributed by atoms with Gasteiger partial charge < -0.3 is 0 Å². The molecule has 0 unspecified atom stereocenters. The smallest absolute Gasteiger partial charge is 0.0175 e. The van der Waals surface area contributed by atoms with Gasteiger partial charge in [-0.3, -0.25) is 0 Å². The number of benzene rings is 3. The van der Waals surface area contributed by atoms with Gasteiger partial charge in [-0.2, -0.15) is 0 Å². The predicted molar refractivity (Wildman–Crippen MR) is 101 cm³/mol. The van der Waals surface area contributed by atoms with Crippen LogP contribution in [-0.2, 0) is 6.42 Å². The van der Waals surface area contributed by atoms with Crippen molar-refractivity contribution in [2.24, 2.45) is 0 Å². The summed E-state index contributed by atoms with van der Waals surface area (Å²) in [7, 11) is 0. The Morgan fingerprint density at radius 3 is 1.87 bits per heavy atom. The van der Waals surface area contributed by atoms with Gasteiger partial charge in [-0.25, -0.2) is 0 Å². The lowest BCUT2D eigenvalue weighted by Gasteiger charge is -2.11.